The largest absolute Gasteiger partial charge is 0.458 e. The Morgan fingerprint density at radius 1 is 1.33 bits per heavy atom. The van der Waals surface area contributed by atoms with E-state index in [2.05, 4.69) is 6.58 Å². The molecule has 4 aliphatic rings. The van der Waals surface area contributed by atoms with Crippen LogP contribution in [-0.4, -0.2) is 47.9 Å². The minimum absolute atomic E-state index is 0.180. The second kappa shape index (κ2) is 4.92. The Labute approximate surface area is 138 Å². The quantitative estimate of drug-likeness (QED) is 0.303. The molecule has 2 fully saturated rings. The maximum absolute atomic E-state index is 12.3. The highest BCUT2D eigenvalue weighted by Gasteiger charge is 2.60. The Morgan fingerprint density at radius 3 is 2.79 bits per heavy atom. The van der Waals surface area contributed by atoms with Crippen LogP contribution >= 0.6 is 0 Å². The maximum Gasteiger partial charge on any atom is 0.338 e. The second-order valence-corrected chi connectivity index (χ2v) is 6.94. The Balaban J connectivity index is 1.73. The zero-order chi connectivity index (χ0) is 17.2. The molecule has 0 aromatic carbocycles. The van der Waals surface area contributed by atoms with E-state index >= 15 is 0 Å². The summed E-state index contributed by atoms with van der Waals surface area (Å²) in [7, 11) is 0. The number of epoxide rings is 1. The summed E-state index contributed by atoms with van der Waals surface area (Å²) in [6.45, 7) is 7.02. The molecule has 128 valence electrons. The lowest BCUT2D eigenvalue weighted by Gasteiger charge is -2.23. The van der Waals surface area contributed by atoms with Gasteiger partial charge in [-0.2, -0.15) is 0 Å². The molecule has 3 heterocycles. The molecule has 7 heteroatoms. The van der Waals surface area contributed by atoms with Gasteiger partial charge in [0.2, 0.25) is 0 Å². The molecule has 0 aromatic heterocycles. The number of hydrogen-bond acceptors (Lipinski definition) is 7. The van der Waals surface area contributed by atoms with Crippen molar-refractivity contribution in [3.8, 4) is 0 Å². The van der Waals surface area contributed by atoms with Gasteiger partial charge in [-0.3, -0.25) is 4.79 Å². The molecule has 6 atom stereocenters. The third-order valence-electron chi connectivity index (χ3n) is 5.23. The Bertz CT molecular complexity index is 693. The van der Waals surface area contributed by atoms with E-state index < -0.39 is 47.7 Å². The van der Waals surface area contributed by atoms with Crippen molar-refractivity contribution >= 4 is 17.9 Å². The third-order valence-corrected chi connectivity index (χ3v) is 5.23. The van der Waals surface area contributed by atoms with Gasteiger partial charge >= 0.3 is 17.9 Å². The van der Waals surface area contributed by atoms with Gasteiger partial charge in [-0.05, 0) is 13.0 Å². The molecule has 4 rings (SSSR count). The van der Waals surface area contributed by atoms with Gasteiger partial charge in [-0.1, -0.05) is 6.58 Å². The lowest BCUT2D eigenvalue weighted by atomic mass is 9.83. The van der Waals surface area contributed by atoms with Crippen LogP contribution in [-0.2, 0) is 33.3 Å². The van der Waals surface area contributed by atoms with Gasteiger partial charge in [0.15, 0.2) is 0 Å². The molecule has 0 spiro atoms. The highest BCUT2D eigenvalue weighted by Crippen LogP contribution is 2.49. The molecule has 7 nitrogen and oxygen atoms in total. The van der Waals surface area contributed by atoms with Crippen molar-refractivity contribution < 1.29 is 33.3 Å². The van der Waals surface area contributed by atoms with Crippen LogP contribution in [0, 0.1) is 5.92 Å². The summed E-state index contributed by atoms with van der Waals surface area (Å²) in [6.07, 6.45) is 0.501. The molecule has 0 amide bonds. The van der Waals surface area contributed by atoms with E-state index in [1.807, 2.05) is 6.92 Å². The molecule has 24 heavy (non-hydrogen) atoms. The van der Waals surface area contributed by atoms with Crippen molar-refractivity contribution in [3.63, 3.8) is 0 Å². The van der Waals surface area contributed by atoms with Crippen molar-refractivity contribution in [3.05, 3.63) is 23.8 Å². The third kappa shape index (κ3) is 2.26. The fourth-order valence-corrected chi connectivity index (χ4v) is 3.91. The monoisotopic (exact) mass is 334 g/mol. The molecule has 3 aliphatic heterocycles. The molecule has 0 radical (unpaired) electrons. The van der Waals surface area contributed by atoms with Crippen molar-refractivity contribution in [1.82, 2.24) is 0 Å². The summed E-state index contributed by atoms with van der Waals surface area (Å²) in [5.41, 5.74) is 0.105. The lowest BCUT2D eigenvalue weighted by Crippen LogP contribution is -2.33. The molecule has 0 aromatic rings. The van der Waals surface area contributed by atoms with Gasteiger partial charge in [0.05, 0.1) is 23.2 Å². The van der Waals surface area contributed by atoms with Gasteiger partial charge < -0.3 is 18.9 Å². The molecule has 0 N–H and O–H groups in total. The Morgan fingerprint density at radius 2 is 2.08 bits per heavy atom. The first-order chi connectivity index (χ1) is 11.3. The zero-order valence-electron chi connectivity index (χ0n) is 13.4. The second-order valence-electron chi connectivity index (χ2n) is 6.94. The Hall–Kier alpha value is -2.15. The van der Waals surface area contributed by atoms with E-state index in [9.17, 15) is 14.4 Å². The predicted octanol–water partition coefficient (Wildman–Crippen LogP) is 0.819. The predicted molar refractivity (Wildman–Crippen MR) is 78.5 cm³/mol. The van der Waals surface area contributed by atoms with Gasteiger partial charge in [-0.25, -0.2) is 9.59 Å². The van der Waals surface area contributed by atoms with Gasteiger partial charge in [-0.15, -0.1) is 0 Å². The fraction of sp³-hybridized carbons (Fsp3) is 0.588. The van der Waals surface area contributed by atoms with Crippen molar-refractivity contribution in [1.29, 1.82) is 0 Å². The number of esters is 3. The molecule has 1 aliphatic carbocycles. The molecule has 0 saturated carbocycles. The summed E-state index contributed by atoms with van der Waals surface area (Å²) in [5, 5.41) is 0. The van der Waals surface area contributed by atoms with E-state index in [1.165, 1.54) is 6.92 Å². The van der Waals surface area contributed by atoms with Crippen LogP contribution < -0.4 is 0 Å². The highest BCUT2D eigenvalue weighted by atomic mass is 16.6. The fourth-order valence-electron chi connectivity index (χ4n) is 3.91. The summed E-state index contributed by atoms with van der Waals surface area (Å²) in [6, 6.07) is 0. The van der Waals surface area contributed by atoms with E-state index in [4.69, 9.17) is 18.9 Å². The molecule has 2 bridgehead atoms. The Kier molecular flexibility index (Phi) is 3.16. The van der Waals surface area contributed by atoms with Gasteiger partial charge in [0.25, 0.3) is 0 Å². The van der Waals surface area contributed by atoms with Crippen LogP contribution in [0.5, 0.6) is 0 Å². The topological polar surface area (TPSA) is 91.4 Å². The number of fused-ring (bicyclic) bond motifs is 4. The molecule has 0 unspecified atom stereocenters. The van der Waals surface area contributed by atoms with Crippen LogP contribution in [0.2, 0.25) is 0 Å². The number of rotatable bonds is 1. The molecule has 2 saturated heterocycles. The first-order valence-electron chi connectivity index (χ1n) is 7.96. The van der Waals surface area contributed by atoms with Crippen LogP contribution in [0.3, 0.4) is 0 Å². The standard InChI is InChI=1S/C17H18O7/c1-7-14-11-4-9(16(20)22-11)10(21-8(2)18)5-13-17(3,24-13)6-12(14)23-15(7)19/h4,10-14H,1,5-6H2,2-3H3/t10-,11+,12-,13+,14-,17+/m0/s1. The molecular formula is C17H18O7. The maximum atomic E-state index is 12.3. The zero-order valence-corrected chi connectivity index (χ0v) is 13.4. The smallest absolute Gasteiger partial charge is 0.338 e. The van der Waals surface area contributed by atoms with Crippen LogP contribution in [0.1, 0.15) is 26.7 Å². The van der Waals surface area contributed by atoms with E-state index in [0.717, 1.165) is 0 Å². The van der Waals surface area contributed by atoms with Crippen molar-refractivity contribution in [2.75, 3.05) is 0 Å². The van der Waals surface area contributed by atoms with E-state index in [-0.39, 0.29) is 6.10 Å². The van der Waals surface area contributed by atoms with Crippen molar-refractivity contribution in [2.45, 2.75) is 56.7 Å². The normalized spacial score (nSPS) is 43.2. The van der Waals surface area contributed by atoms with Gasteiger partial charge in [0, 0.05) is 25.3 Å². The number of carbonyl (C=O) groups excluding carboxylic acids is 3. The molecular weight excluding hydrogens is 316 g/mol. The SMILES string of the molecule is C=C1C(=O)O[C@H]2C[C@@]3(C)O[C@@H]3C[C@H](OC(C)=O)C3=C[C@@H](OC3=O)[C@H]12. The highest BCUT2D eigenvalue weighted by molar-refractivity contribution is 5.94. The summed E-state index contributed by atoms with van der Waals surface area (Å²) in [4.78, 5) is 35.6. The lowest BCUT2D eigenvalue weighted by molar-refractivity contribution is -0.148. The number of carbonyl (C=O) groups is 3. The summed E-state index contributed by atoms with van der Waals surface area (Å²) < 4.78 is 21.9. The van der Waals surface area contributed by atoms with Crippen molar-refractivity contribution in [2.24, 2.45) is 5.92 Å². The summed E-state index contributed by atoms with van der Waals surface area (Å²) >= 11 is 0. The van der Waals surface area contributed by atoms with Gasteiger partial charge in [0.1, 0.15) is 18.3 Å². The van der Waals surface area contributed by atoms with E-state index in [0.29, 0.717) is 24.0 Å². The average Bonchev–Trinajstić information content (AvgIpc) is 2.80. The minimum atomic E-state index is -0.713. The van der Waals surface area contributed by atoms with Crippen LogP contribution in [0.25, 0.3) is 0 Å². The minimum Gasteiger partial charge on any atom is -0.458 e. The first kappa shape index (κ1) is 15.4. The number of hydrogen-bond donors (Lipinski definition) is 0. The average molecular weight is 334 g/mol. The summed E-state index contributed by atoms with van der Waals surface area (Å²) in [5.74, 6) is -1.93. The van der Waals surface area contributed by atoms with Crippen LogP contribution in [0.4, 0.5) is 0 Å². The van der Waals surface area contributed by atoms with E-state index in [1.54, 1.807) is 6.08 Å². The van der Waals surface area contributed by atoms with Crippen LogP contribution in [0.15, 0.2) is 23.8 Å². The first-order valence-corrected chi connectivity index (χ1v) is 7.96. The number of ether oxygens (including phenoxy) is 4.